The van der Waals surface area contributed by atoms with Gasteiger partial charge in [-0.05, 0) is 70.1 Å². The average molecular weight is 650 g/mol. The molecule has 0 unspecified atom stereocenters. The number of likely N-dealkylation sites (N-methyl/N-ethyl adjacent to an activating group) is 1. The predicted octanol–water partition coefficient (Wildman–Crippen LogP) is 4.47. The first kappa shape index (κ1) is 37.1. The lowest BCUT2D eigenvalue weighted by atomic mass is 9.85. The summed E-state index contributed by atoms with van der Waals surface area (Å²) in [6.45, 7) is 13.3. The van der Waals surface area contributed by atoms with Crippen molar-refractivity contribution in [1.82, 2.24) is 20.0 Å². The second-order valence-electron chi connectivity index (χ2n) is 14.2. The minimum absolute atomic E-state index is 0.169. The van der Waals surface area contributed by atoms with Crippen LogP contribution in [0, 0.1) is 5.41 Å². The van der Waals surface area contributed by atoms with Gasteiger partial charge in [0.2, 0.25) is 11.8 Å². The minimum Gasteiger partial charge on any atom is -0.444 e. The standard InChI is InChI=1S/C36H51N5O6/c1-25(39(8)34(46)47-36(5,6)7)30(42)38-29(35(2,3)4)32(44)41-22-15-20-28(41)24-40(23-21-26-16-11-9-12-17-26)33(45)31(43)37-27-18-13-10-14-19-27/h9-14,16-19,25,28-29H,15,20-24H2,1-8H3,(H,37,43)(H,38,42)/t25-,28-,29+/m0/s1. The van der Waals surface area contributed by atoms with Crippen LogP contribution in [0.1, 0.15) is 66.9 Å². The van der Waals surface area contributed by atoms with Crippen LogP contribution in [0.2, 0.25) is 0 Å². The van der Waals surface area contributed by atoms with Crippen molar-refractivity contribution in [3.05, 3.63) is 66.2 Å². The van der Waals surface area contributed by atoms with E-state index in [2.05, 4.69) is 10.6 Å². The van der Waals surface area contributed by atoms with E-state index in [-0.39, 0.29) is 25.0 Å². The van der Waals surface area contributed by atoms with Crippen molar-refractivity contribution in [2.75, 3.05) is 32.0 Å². The van der Waals surface area contributed by atoms with Crippen molar-refractivity contribution < 1.29 is 28.7 Å². The molecule has 5 amide bonds. The molecule has 0 spiro atoms. The molecule has 0 aliphatic carbocycles. The molecule has 1 aliphatic heterocycles. The lowest BCUT2D eigenvalue weighted by Gasteiger charge is -2.38. The summed E-state index contributed by atoms with van der Waals surface area (Å²) in [5.74, 6) is -2.18. The maximum Gasteiger partial charge on any atom is 0.410 e. The van der Waals surface area contributed by atoms with Gasteiger partial charge in [-0.3, -0.25) is 24.1 Å². The second-order valence-corrected chi connectivity index (χ2v) is 14.2. The maximum atomic E-state index is 14.2. The predicted molar refractivity (Wildman–Crippen MR) is 181 cm³/mol. The Morgan fingerprint density at radius 3 is 2.11 bits per heavy atom. The van der Waals surface area contributed by atoms with E-state index < -0.39 is 46.9 Å². The van der Waals surface area contributed by atoms with Gasteiger partial charge in [0.1, 0.15) is 17.7 Å². The van der Waals surface area contributed by atoms with Crippen LogP contribution in [-0.4, -0.2) is 94.8 Å². The molecule has 1 heterocycles. The number of nitrogens with zero attached hydrogens (tertiary/aromatic N) is 3. The topological polar surface area (TPSA) is 128 Å². The number of carbonyl (C=O) groups excluding carboxylic acids is 5. The summed E-state index contributed by atoms with van der Waals surface area (Å²) in [6, 6.07) is 16.3. The van der Waals surface area contributed by atoms with E-state index in [0.29, 0.717) is 25.1 Å². The smallest absolute Gasteiger partial charge is 0.410 e. The first-order valence-corrected chi connectivity index (χ1v) is 16.2. The second kappa shape index (κ2) is 15.9. The van der Waals surface area contributed by atoms with Crippen LogP contribution in [0.3, 0.4) is 0 Å². The van der Waals surface area contributed by atoms with Gasteiger partial charge in [0.05, 0.1) is 0 Å². The average Bonchev–Trinajstić information content (AvgIpc) is 3.48. The van der Waals surface area contributed by atoms with Crippen LogP contribution in [0.5, 0.6) is 0 Å². The van der Waals surface area contributed by atoms with Gasteiger partial charge in [-0.25, -0.2) is 4.79 Å². The molecule has 2 N–H and O–H groups in total. The summed E-state index contributed by atoms with van der Waals surface area (Å²) >= 11 is 0. The van der Waals surface area contributed by atoms with Crippen molar-refractivity contribution in [3.8, 4) is 0 Å². The monoisotopic (exact) mass is 649 g/mol. The number of amides is 5. The summed E-state index contributed by atoms with van der Waals surface area (Å²) in [6.07, 6.45) is 1.25. The van der Waals surface area contributed by atoms with Crippen molar-refractivity contribution >= 4 is 35.4 Å². The number of carbonyl (C=O) groups is 5. The van der Waals surface area contributed by atoms with E-state index in [1.165, 1.54) is 16.8 Å². The summed E-state index contributed by atoms with van der Waals surface area (Å²) in [5.41, 5.74) is 0.146. The molecule has 3 rings (SSSR count). The number of nitrogens with one attached hydrogen (secondary N) is 2. The van der Waals surface area contributed by atoms with Crippen molar-refractivity contribution in [3.63, 3.8) is 0 Å². The Bertz CT molecular complexity index is 1390. The van der Waals surface area contributed by atoms with Crippen LogP contribution < -0.4 is 10.6 Å². The first-order chi connectivity index (χ1) is 22.0. The summed E-state index contributed by atoms with van der Waals surface area (Å²) in [4.78, 5) is 71.3. The third-order valence-electron chi connectivity index (χ3n) is 8.16. The minimum atomic E-state index is -0.903. The molecule has 256 valence electrons. The Hall–Kier alpha value is -4.41. The fourth-order valence-corrected chi connectivity index (χ4v) is 5.35. The number of likely N-dealkylation sites (tertiary alicyclic amines) is 1. The molecular weight excluding hydrogens is 598 g/mol. The van der Waals surface area contributed by atoms with Gasteiger partial charge in [-0.2, -0.15) is 0 Å². The fourth-order valence-electron chi connectivity index (χ4n) is 5.35. The molecule has 1 aliphatic rings. The van der Waals surface area contributed by atoms with Crippen molar-refractivity contribution in [2.24, 2.45) is 5.41 Å². The molecule has 3 atom stereocenters. The van der Waals surface area contributed by atoms with E-state index >= 15 is 0 Å². The Morgan fingerprint density at radius 2 is 1.53 bits per heavy atom. The number of anilines is 1. The highest BCUT2D eigenvalue weighted by molar-refractivity contribution is 6.39. The van der Waals surface area contributed by atoms with E-state index in [9.17, 15) is 24.0 Å². The highest BCUT2D eigenvalue weighted by Gasteiger charge is 2.42. The number of benzene rings is 2. The third kappa shape index (κ3) is 10.8. The maximum absolute atomic E-state index is 14.2. The Balaban J connectivity index is 1.78. The van der Waals surface area contributed by atoms with Crippen LogP contribution in [0.4, 0.5) is 10.5 Å². The van der Waals surface area contributed by atoms with Crippen LogP contribution in [0.15, 0.2) is 60.7 Å². The van der Waals surface area contributed by atoms with Gasteiger partial charge in [0.25, 0.3) is 0 Å². The van der Waals surface area contributed by atoms with Gasteiger partial charge in [0, 0.05) is 38.4 Å². The molecule has 0 radical (unpaired) electrons. The highest BCUT2D eigenvalue weighted by atomic mass is 16.6. The number of hydrogen-bond donors (Lipinski definition) is 2. The van der Waals surface area contributed by atoms with Crippen LogP contribution in [0.25, 0.3) is 0 Å². The van der Waals surface area contributed by atoms with Crippen molar-refractivity contribution in [2.45, 2.75) is 91.5 Å². The molecule has 1 saturated heterocycles. The lowest BCUT2D eigenvalue weighted by Crippen LogP contribution is -2.60. The summed E-state index contributed by atoms with van der Waals surface area (Å²) < 4.78 is 5.41. The number of para-hydroxylation sites is 1. The van der Waals surface area contributed by atoms with Gasteiger partial charge in [0.15, 0.2) is 0 Å². The first-order valence-electron chi connectivity index (χ1n) is 16.2. The zero-order valence-electron chi connectivity index (χ0n) is 29.0. The number of ether oxygens (including phenoxy) is 1. The van der Waals surface area contributed by atoms with Crippen LogP contribution >= 0.6 is 0 Å². The summed E-state index contributed by atoms with van der Waals surface area (Å²) in [5, 5.41) is 5.58. The molecule has 2 aromatic carbocycles. The molecule has 11 heteroatoms. The zero-order valence-corrected chi connectivity index (χ0v) is 29.0. The highest BCUT2D eigenvalue weighted by Crippen LogP contribution is 2.27. The quantitative estimate of drug-likeness (QED) is 0.366. The zero-order chi connectivity index (χ0) is 34.9. The van der Waals surface area contributed by atoms with E-state index in [4.69, 9.17) is 4.74 Å². The molecule has 2 aromatic rings. The molecule has 11 nitrogen and oxygen atoms in total. The summed E-state index contributed by atoms with van der Waals surface area (Å²) in [7, 11) is 1.48. The SMILES string of the molecule is C[C@@H](C(=O)N[C@H](C(=O)N1CCC[C@H]1CN(CCc1ccccc1)C(=O)C(=O)Nc1ccccc1)C(C)(C)C)N(C)C(=O)OC(C)(C)C. The molecule has 0 bridgehead atoms. The van der Waals surface area contributed by atoms with Gasteiger partial charge >= 0.3 is 17.9 Å². The van der Waals surface area contributed by atoms with E-state index in [1.807, 2.05) is 57.2 Å². The molecular formula is C36H51N5O6. The van der Waals surface area contributed by atoms with E-state index in [0.717, 1.165) is 12.0 Å². The lowest BCUT2D eigenvalue weighted by molar-refractivity contribution is -0.145. The number of rotatable bonds is 10. The normalized spacial score (nSPS) is 16.1. The Kier molecular flexibility index (Phi) is 12.6. The fraction of sp³-hybridized carbons (Fsp3) is 0.528. The molecule has 0 aromatic heterocycles. The van der Waals surface area contributed by atoms with Gasteiger partial charge < -0.3 is 25.2 Å². The number of hydrogen-bond acceptors (Lipinski definition) is 6. The molecule has 0 saturated carbocycles. The molecule has 1 fully saturated rings. The van der Waals surface area contributed by atoms with Gasteiger partial charge in [-0.1, -0.05) is 69.3 Å². The van der Waals surface area contributed by atoms with Crippen LogP contribution in [-0.2, 0) is 30.3 Å². The Labute approximate surface area is 279 Å². The van der Waals surface area contributed by atoms with Crippen molar-refractivity contribution in [1.29, 1.82) is 0 Å². The Morgan fingerprint density at radius 1 is 0.936 bits per heavy atom. The molecule has 47 heavy (non-hydrogen) atoms. The third-order valence-corrected chi connectivity index (χ3v) is 8.16. The van der Waals surface area contributed by atoms with E-state index in [1.54, 1.807) is 56.9 Å². The van der Waals surface area contributed by atoms with Gasteiger partial charge in [-0.15, -0.1) is 0 Å². The largest absolute Gasteiger partial charge is 0.444 e.